The molecule has 1 heterocycles. The lowest BCUT2D eigenvalue weighted by atomic mass is 9.84. The number of esters is 1. The largest absolute Gasteiger partial charge is 0.456 e. The fraction of sp³-hybridized carbons (Fsp3) is 0.786. The smallest absolute Gasteiger partial charge is 0.330 e. The Bertz CT molecular complexity index is 323. The van der Waals surface area contributed by atoms with E-state index in [1.54, 1.807) is 0 Å². The first kappa shape index (κ1) is 15.4. The maximum Gasteiger partial charge on any atom is 0.330 e. The van der Waals surface area contributed by atoms with Gasteiger partial charge in [-0.25, -0.2) is 4.79 Å². The highest BCUT2D eigenvalue weighted by Crippen LogP contribution is 2.29. The summed E-state index contributed by atoms with van der Waals surface area (Å²) in [4.78, 5) is 11.3. The van der Waals surface area contributed by atoms with Crippen LogP contribution in [0.2, 0.25) is 25.7 Å². The van der Waals surface area contributed by atoms with Crippen molar-refractivity contribution >= 4 is 14.0 Å². The van der Waals surface area contributed by atoms with Gasteiger partial charge in [0.25, 0.3) is 0 Å². The van der Waals surface area contributed by atoms with Crippen molar-refractivity contribution in [1.29, 1.82) is 0 Å². The summed E-state index contributed by atoms with van der Waals surface area (Å²) >= 11 is 0. The molecule has 104 valence electrons. The Morgan fingerprint density at radius 3 is 2.44 bits per heavy atom. The third-order valence-corrected chi connectivity index (χ3v) is 4.68. The summed E-state index contributed by atoms with van der Waals surface area (Å²) in [7, 11) is -1.08. The molecule has 0 aliphatic carbocycles. The molecule has 2 atom stereocenters. The van der Waals surface area contributed by atoms with Gasteiger partial charge in [0, 0.05) is 26.2 Å². The molecule has 0 aromatic carbocycles. The molecular formula is C14H26O3Si. The lowest BCUT2D eigenvalue weighted by molar-refractivity contribution is -0.161. The first-order valence-electron chi connectivity index (χ1n) is 6.60. The van der Waals surface area contributed by atoms with Crippen LogP contribution in [0.25, 0.3) is 0 Å². The van der Waals surface area contributed by atoms with Crippen molar-refractivity contribution in [3.63, 3.8) is 0 Å². The van der Waals surface area contributed by atoms with Crippen molar-refractivity contribution in [3.8, 4) is 0 Å². The molecule has 0 aromatic heterocycles. The molecule has 0 radical (unpaired) electrons. The number of cyclic esters (lactones) is 1. The first-order chi connectivity index (χ1) is 8.09. The van der Waals surface area contributed by atoms with Gasteiger partial charge >= 0.3 is 5.97 Å². The molecule has 1 aliphatic heterocycles. The summed E-state index contributed by atoms with van der Waals surface area (Å²) in [5, 5.41) is 0. The summed E-state index contributed by atoms with van der Waals surface area (Å²) in [5.74, 6) is -0.264. The van der Waals surface area contributed by atoms with E-state index in [-0.39, 0.29) is 23.6 Å². The topological polar surface area (TPSA) is 35.5 Å². The standard InChI is InChI=1S/C14H26O3Si/c1-14(2,3)13-11(7-8-12(15)17-13)16-9-10-18(4,5)6/h7-8,11,13H,9-10H2,1-6H3/t11-,13+/m0/s1. The molecule has 0 saturated carbocycles. The second-order valence-corrected chi connectivity index (χ2v) is 12.9. The number of carbonyl (C=O) groups is 1. The highest BCUT2D eigenvalue weighted by molar-refractivity contribution is 6.76. The van der Waals surface area contributed by atoms with Crippen LogP contribution in [0.3, 0.4) is 0 Å². The fourth-order valence-electron chi connectivity index (χ4n) is 1.82. The zero-order valence-corrected chi connectivity index (χ0v) is 13.4. The van der Waals surface area contributed by atoms with E-state index in [0.29, 0.717) is 0 Å². The Labute approximate surface area is 112 Å². The van der Waals surface area contributed by atoms with Crippen molar-refractivity contribution in [2.45, 2.75) is 58.7 Å². The molecule has 0 amide bonds. The molecule has 3 nitrogen and oxygen atoms in total. The van der Waals surface area contributed by atoms with E-state index >= 15 is 0 Å². The zero-order chi connectivity index (χ0) is 14.0. The molecular weight excluding hydrogens is 244 g/mol. The van der Waals surface area contributed by atoms with E-state index in [1.165, 1.54) is 6.08 Å². The third kappa shape index (κ3) is 4.94. The van der Waals surface area contributed by atoms with Gasteiger partial charge in [0.2, 0.25) is 0 Å². The van der Waals surface area contributed by atoms with E-state index in [9.17, 15) is 4.79 Å². The molecule has 18 heavy (non-hydrogen) atoms. The van der Waals surface area contributed by atoms with Gasteiger partial charge in [-0.2, -0.15) is 0 Å². The molecule has 0 fully saturated rings. The van der Waals surface area contributed by atoms with Crippen molar-refractivity contribution in [2.75, 3.05) is 6.61 Å². The number of rotatable bonds is 4. The number of hydrogen-bond acceptors (Lipinski definition) is 3. The van der Waals surface area contributed by atoms with Gasteiger partial charge in [0.15, 0.2) is 0 Å². The monoisotopic (exact) mass is 270 g/mol. The van der Waals surface area contributed by atoms with Gasteiger partial charge in [-0.1, -0.05) is 40.4 Å². The molecule has 0 bridgehead atoms. The Hall–Kier alpha value is -0.613. The zero-order valence-electron chi connectivity index (χ0n) is 12.4. The predicted molar refractivity (Wildman–Crippen MR) is 76.4 cm³/mol. The average molecular weight is 270 g/mol. The molecule has 0 aromatic rings. The summed E-state index contributed by atoms with van der Waals surface area (Å²) < 4.78 is 11.3. The van der Waals surface area contributed by atoms with Crippen LogP contribution in [0.15, 0.2) is 12.2 Å². The van der Waals surface area contributed by atoms with Crippen LogP contribution in [-0.4, -0.2) is 32.9 Å². The molecule has 0 N–H and O–H groups in total. The average Bonchev–Trinajstić information content (AvgIpc) is 2.17. The Morgan fingerprint density at radius 2 is 1.94 bits per heavy atom. The van der Waals surface area contributed by atoms with E-state index in [1.807, 2.05) is 6.08 Å². The summed E-state index contributed by atoms with van der Waals surface area (Å²) in [6.45, 7) is 13.9. The van der Waals surface area contributed by atoms with Crippen molar-refractivity contribution in [2.24, 2.45) is 5.41 Å². The SMILES string of the molecule is CC(C)(C)[C@@H]1OC(=O)C=C[C@@H]1OCC[Si](C)(C)C. The molecule has 1 rings (SSSR count). The Balaban J connectivity index is 2.61. The number of hydrogen-bond donors (Lipinski definition) is 0. The number of carbonyl (C=O) groups excluding carboxylic acids is 1. The second-order valence-electron chi connectivity index (χ2n) is 7.23. The quantitative estimate of drug-likeness (QED) is 0.581. The van der Waals surface area contributed by atoms with E-state index in [2.05, 4.69) is 40.4 Å². The van der Waals surface area contributed by atoms with E-state index < -0.39 is 8.07 Å². The van der Waals surface area contributed by atoms with Crippen LogP contribution in [0.5, 0.6) is 0 Å². The van der Waals surface area contributed by atoms with Crippen LogP contribution in [0.1, 0.15) is 20.8 Å². The summed E-state index contributed by atoms with van der Waals surface area (Å²) in [6.07, 6.45) is 3.00. The van der Waals surface area contributed by atoms with Gasteiger partial charge in [-0.15, -0.1) is 0 Å². The third-order valence-electron chi connectivity index (χ3n) is 2.98. The first-order valence-corrected chi connectivity index (χ1v) is 10.3. The lowest BCUT2D eigenvalue weighted by Crippen LogP contribution is -2.44. The van der Waals surface area contributed by atoms with Gasteiger partial charge in [0.1, 0.15) is 12.2 Å². The van der Waals surface area contributed by atoms with Crippen LogP contribution >= 0.6 is 0 Å². The van der Waals surface area contributed by atoms with Crippen LogP contribution in [0.4, 0.5) is 0 Å². The van der Waals surface area contributed by atoms with Crippen LogP contribution in [0, 0.1) is 5.41 Å². The van der Waals surface area contributed by atoms with Gasteiger partial charge in [-0.05, 0) is 12.1 Å². The lowest BCUT2D eigenvalue weighted by Gasteiger charge is -2.36. The minimum atomic E-state index is -1.08. The van der Waals surface area contributed by atoms with Crippen molar-refractivity contribution in [1.82, 2.24) is 0 Å². The molecule has 0 saturated heterocycles. The Kier molecular flexibility index (Phi) is 4.78. The van der Waals surface area contributed by atoms with Crippen LogP contribution < -0.4 is 0 Å². The van der Waals surface area contributed by atoms with Gasteiger partial charge < -0.3 is 9.47 Å². The maximum absolute atomic E-state index is 11.3. The van der Waals surface area contributed by atoms with Crippen LogP contribution in [-0.2, 0) is 14.3 Å². The number of ether oxygens (including phenoxy) is 2. The van der Waals surface area contributed by atoms with Gasteiger partial charge in [0.05, 0.1) is 0 Å². The Morgan fingerprint density at radius 1 is 1.33 bits per heavy atom. The second kappa shape index (κ2) is 5.57. The molecule has 0 unspecified atom stereocenters. The maximum atomic E-state index is 11.3. The molecule has 0 spiro atoms. The van der Waals surface area contributed by atoms with Gasteiger partial charge in [-0.3, -0.25) is 0 Å². The highest BCUT2D eigenvalue weighted by atomic mass is 28.3. The molecule has 4 heteroatoms. The summed E-state index contributed by atoms with van der Waals surface area (Å²) in [5.41, 5.74) is -0.107. The minimum Gasteiger partial charge on any atom is -0.456 e. The normalized spacial score (nSPS) is 25.1. The predicted octanol–water partition coefficient (Wildman–Crippen LogP) is 3.24. The van der Waals surface area contributed by atoms with E-state index in [0.717, 1.165) is 12.7 Å². The summed E-state index contributed by atoms with van der Waals surface area (Å²) in [6, 6.07) is 1.13. The van der Waals surface area contributed by atoms with Crippen molar-refractivity contribution < 1.29 is 14.3 Å². The minimum absolute atomic E-state index is 0.107. The van der Waals surface area contributed by atoms with Crippen molar-refractivity contribution in [3.05, 3.63) is 12.2 Å². The molecule has 1 aliphatic rings. The van der Waals surface area contributed by atoms with E-state index in [4.69, 9.17) is 9.47 Å². The fourth-order valence-corrected chi connectivity index (χ4v) is 2.55. The highest BCUT2D eigenvalue weighted by Gasteiger charge is 2.37.